The first kappa shape index (κ1) is 17.9. The van der Waals surface area contributed by atoms with Crippen LogP contribution < -0.4 is 0 Å². The standard InChI is InChI=1S/C16H34O2/c1-5-7-9-11-15(3,17)13-14-16(4,18)12-10-8-6-2/h17-18H,5-14H2,1-4H3. The zero-order valence-corrected chi connectivity index (χ0v) is 13.0. The second kappa shape index (κ2) is 8.92. The lowest BCUT2D eigenvalue weighted by Crippen LogP contribution is -2.31. The van der Waals surface area contributed by atoms with Gasteiger partial charge in [0, 0.05) is 0 Å². The summed E-state index contributed by atoms with van der Waals surface area (Å²) in [5.74, 6) is 0. The van der Waals surface area contributed by atoms with E-state index < -0.39 is 11.2 Å². The van der Waals surface area contributed by atoms with Crippen LogP contribution in [0.1, 0.15) is 91.9 Å². The predicted molar refractivity (Wildman–Crippen MR) is 78.8 cm³/mol. The van der Waals surface area contributed by atoms with E-state index in [9.17, 15) is 10.2 Å². The molecule has 0 aromatic heterocycles. The number of aliphatic hydroxyl groups is 2. The van der Waals surface area contributed by atoms with E-state index >= 15 is 0 Å². The molecule has 0 rings (SSSR count). The maximum atomic E-state index is 10.3. The van der Waals surface area contributed by atoms with Crippen LogP contribution in [0.4, 0.5) is 0 Å². The van der Waals surface area contributed by atoms with Gasteiger partial charge in [-0.3, -0.25) is 0 Å². The van der Waals surface area contributed by atoms with Gasteiger partial charge in [0.25, 0.3) is 0 Å². The van der Waals surface area contributed by atoms with Crippen molar-refractivity contribution in [2.24, 2.45) is 0 Å². The molecule has 2 unspecified atom stereocenters. The molecule has 0 radical (unpaired) electrons. The van der Waals surface area contributed by atoms with Gasteiger partial charge in [0.05, 0.1) is 11.2 Å². The van der Waals surface area contributed by atoms with Gasteiger partial charge in [0.1, 0.15) is 0 Å². The third-order valence-corrected chi connectivity index (χ3v) is 3.84. The van der Waals surface area contributed by atoms with Crippen molar-refractivity contribution in [3.63, 3.8) is 0 Å². The normalized spacial score (nSPS) is 18.3. The van der Waals surface area contributed by atoms with Crippen molar-refractivity contribution in [3.8, 4) is 0 Å². The molecule has 0 bridgehead atoms. The summed E-state index contributed by atoms with van der Waals surface area (Å²) in [6.45, 7) is 8.16. The monoisotopic (exact) mass is 258 g/mol. The molecule has 0 spiro atoms. The lowest BCUT2D eigenvalue weighted by atomic mass is 9.85. The van der Waals surface area contributed by atoms with E-state index in [-0.39, 0.29) is 0 Å². The van der Waals surface area contributed by atoms with Crippen molar-refractivity contribution in [2.75, 3.05) is 0 Å². The molecule has 0 amide bonds. The molecule has 2 heteroatoms. The van der Waals surface area contributed by atoms with Crippen LogP contribution in [0.25, 0.3) is 0 Å². The van der Waals surface area contributed by atoms with Crippen LogP contribution in [0.3, 0.4) is 0 Å². The van der Waals surface area contributed by atoms with Crippen LogP contribution in [0.15, 0.2) is 0 Å². The summed E-state index contributed by atoms with van der Waals surface area (Å²) in [5, 5.41) is 20.5. The third-order valence-electron chi connectivity index (χ3n) is 3.84. The number of unbranched alkanes of at least 4 members (excludes halogenated alkanes) is 4. The Hall–Kier alpha value is -0.0800. The highest BCUT2D eigenvalue weighted by atomic mass is 16.3. The van der Waals surface area contributed by atoms with Crippen LogP contribution in [0.2, 0.25) is 0 Å². The summed E-state index contributed by atoms with van der Waals surface area (Å²) < 4.78 is 0. The minimum absolute atomic E-state index is 0.607. The molecular formula is C16H34O2. The van der Waals surface area contributed by atoms with Crippen LogP contribution in [0.5, 0.6) is 0 Å². The zero-order chi connectivity index (χ0) is 14.1. The summed E-state index contributed by atoms with van der Waals surface area (Å²) in [7, 11) is 0. The Morgan fingerprint density at radius 1 is 0.611 bits per heavy atom. The van der Waals surface area contributed by atoms with Crippen molar-refractivity contribution in [2.45, 2.75) is 103 Å². The minimum atomic E-state index is -0.607. The van der Waals surface area contributed by atoms with Gasteiger partial charge in [-0.2, -0.15) is 0 Å². The van der Waals surface area contributed by atoms with Gasteiger partial charge < -0.3 is 10.2 Å². The Bertz CT molecular complexity index is 175. The molecule has 110 valence electrons. The first-order valence-electron chi connectivity index (χ1n) is 7.78. The van der Waals surface area contributed by atoms with Gasteiger partial charge in [0.2, 0.25) is 0 Å². The van der Waals surface area contributed by atoms with Crippen LogP contribution >= 0.6 is 0 Å². The van der Waals surface area contributed by atoms with Crippen LogP contribution in [0, 0.1) is 0 Å². The van der Waals surface area contributed by atoms with Crippen molar-refractivity contribution >= 4 is 0 Å². The average molecular weight is 258 g/mol. The largest absolute Gasteiger partial charge is 0.390 e. The number of hydrogen-bond acceptors (Lipinski definition) is 2. The average Bonchev–Trinajstić information content (AvgIpc) is 2.27. The lowest BCUT2D eigenvalue weighted by molar-refractivity contribution is -0.0129. The van der Waals surface area contributed by atoms with E-state index in [1.165, 1.54) is 25.7 Å². The van der Waals surface area contributed by atoms with Crippen molar-refractivity contribution in [1.29, 1.82) is 0 Å². The molecular weight excluding hydrogens is 224 g/mol. The third kappa shape index (κ3) is 9.90. The van der Waals surface area contributed by atoms with Crippen molar-refractivity contribution in [3.05, 3.63) is 0 Å². The van der Waals surface area contributed by atoms with Crippen molar-refractivity contribution in [1.82, 2.24) is 0 Å². The molecule has 0 fully saturated rings. The molecule has 0 aliphatic carbocycles. The molecule has 0 saturated carbocycles. The van der Waals surface area contributed by atoms with Gasteiger partial charge >= 0.3 is 0 Å². The Balaban J connectivity index is 3.88. The second-order valence-corrected chi connectivity index (χ2v) is 6.41. The summed E-state index contributed by atoms with van der Waals surface area (Å²) in [4.78, 5) is 0. The quantitative estimate of drug-likeness (QED) is 0.538. The van der Waals surface area contributed by atoms with E-state index in [2.05, 4.69) is 13.8 Å². The molecule has 0 aromatic rings. The van der Waals surface area contributed by atoms with E-state index in [0.29, 0.717) is 12.8 Å². The smallest absolute Gasteiger partial charge is 0.0620 e. The van der Waals surface area contributed by atoms with Gasteiger partial charge in [-0.15, -0.1) is 0 Å². The Morgan fingerprint density at radius 3 is 1.22 bits per heavy atom. The number of rotatable bonds is 11. The van der Waals surface area contributed by atoms with E-state index in [1.807, 2.05) is 13.8 Å². The molecule has 0 aliphatic rings. The molecule has 0 aromatic carbocycles. The molecule has 0 aliphatic heterocycles. The van der Waals surface area contributed by atoms with Gasteiger partial charge in [-0.25, -0.2) is 0 Å². The highest BCUT2D eigenvalue weighted by Crippen LogP contribution is 2.27. The molecule has 2 N–H and O–H groups in total. The van der Waals surface area contributed by atoms with Crippen LogP contribution in [-0.2, 0) is 0 Å². The fraction of sp³-hybridized carbons (Fsp3) is 1.00. The van der Waals surface area contributed by atoms with Gasteiger partial charge in [-0.1, -0.05) is 52.4 Å². The van der Waals surface area contributed by atoms with E-state index in [4.69, 9.17) is 0 Å². The summed E-state index contributed by atoms with van der Waals surface area (Å²) in [6, 6.07) is 0. The van der Waals surface area contributed by atoms with E-state index in [1.54, 1.807) is 0 Å². The van der Waals surface area contributed by atoms with Crippen LogP contribution in [-0.4, -0.2) is 21.4 Å². The Labute approximate surface area is 114 Å². The lowest BCUT2D eigenvalue weighted by Gasteiger charge is -2.29. The predicted octanol–water partition coefficient (Wildman–Crippen LogP) is 4.43. The SMILES string of the molecule is CCCCCC(C)(O)CCC(C)(O)CCCCC. The fourth-order valence-electron chi connectivity index (χ4n) is 2.30. The number of hydrogen-bond donors (Lipinski definition) is 2. The summed E-state index contributed by atoms with van der Waals surface area (Å²) in [6.07, 6.45) is 10.0. The molecule has 2 nitrogen and oxygen atoms in total. The Kier molecular flexibility index (Phi) is 8.89. The van der Waals surface area contributed by atoms with E-state index in [0.717, 1.165) is 25.7 Å². The second-order valence-electron chi connectivity index (χ2n) is 6.41. The topological polar surface area (TPSA) is 40.5 Å². The minimum Gasteiger partial charge on any atom is -0.390 e. The first-order chi connectivity index (χ1) is 8.33. The highest BCUT2D eigenvalue weighted by molar-refractivity contribution is 4.80. The molecule has 0 saturated heterocycles. The summed E-state index contributed by atoms with van der Waals surface area (Å²) >= 11 is 0. The Morgan fingerprint density at radius 2 is 0.944 bits per heavy atom. The molecule has 2 atom stereocenters. The maximum absolute atomic E-state index is 10.3. The van der Waals surface area contributed by atoms with Gasteiger partial charge in [-0.05, 0) is 39.5 Å². The summed E-state index contributed by atoms with van der Waals surface area (Å²) in [5.41, 5.74) is -1.21. The van der Waals surface area contributed by atoms with Gasteiger partial charge in [0.15, 0.2) is 0 Å². The maximum Gasteiger partial charge on any atom is 0.0620 e. The first-order valence-corrected chi connectivity index (χ1v) is 7.78. The fourth-order valence-corrected chi connectivity index (χ4v) is 2.30. The molecule has 0 heterocycles. The van der Waals surface area contributed by atoms with Crippen molar-refractivity contribution < 1.29 is 10.2 Å². The molecule has 18 heavy (non-hydrogen) atoms. The highest BCUT2D eigenvalue weighted by Gasteiger charge is 2.26. The zero-order valence-electron chi connectivity index (χ0n) is 13.0.